The number of rotatable bonds is 5. The van der Waals surface area contributed by atoms with Gasteiger partial charge in [0.2, 0.25) is 5.91 Å². The Morgan fingerprint density at radius 1 is 0.919 bits per heavy atom. The first-order valence-electron chi connectivity index (χ1n) is 13.2. The maximum absolute atomic E-state index is 13.2. The van der Waals surface area contributed by atoms with Gasteiger partial charge in [-0.1, -0.05) is 42.5 Å². The summed E-state index contributed by atoms with van der Waals surface area (Å²) in [5, 5.41) is 3.22. The third-order valence-corrected chi connectivity index (χ3v) is 8.30. The summed E-state index contributed by atoms with van der Waals surface area (Å²) in [6.07, 6.45) is 3.83. The van der Waals surface area contributed by atoms with Gasteiger partial charge in [0.25, 0.3) is 5.91 Å². The van der Waals surface area contributed by atoms with Crippen molar-refractivity contribution in [2.75, 3.05) is 13.1 Å². The van der Waals surface area contributed by atoms with Crippen LogP contribution in [0, 0.1) is 5.82 Å². The van der Waals surface area contributed by atoms with Crippen molar-refractivity contribution in [1.82, 2.24) is 15.1 Å². The van der Waals surface area contributed by atoms with Gasteiger partial charge in [-0.05, 0) is 77.8 Å². The van der Waals surface area contributed by atoms with Gasteiger partial charge in [0.1, 0.15) is 5.82 Å². The number of amides is 2. The summed E-state index contributed by atoms with van der Waals surface area (Å²) in [4.78, 5) is 29.2. The topological polar surface area (TPSA) is 52.7 Å². The predicted molar refractivity (Wildman–Crippen MR) is 142 cm³/mol. The number of aryl methyl sites for hydroxylation is 1. The molecule has 2 saturated heterocycles. The molecule has 2 aliphatic heterocycles. The Kier molecular flexibility index (Phi) is 6.29. The second-order valence-corrected chi connectivity index (χ2v) is 10.7. The van der Waals surface area contributed by atoms with E-state index in [1.165, 1.54) is 28.8 Å². The van der Waals surface area contributed by atoms with Crippen molar-refractivity contribution >= 4 is 11.8 Å². The summed E-state index contributed by atoms with van der Waals surface area (Å²) in [7, 11) is 0. The summed E-state index contributed by atoms with van der Waals surface area (Å²) in [5.74, 6) is -0.116. The SMILES string of the molecule is CC(=O)N1CC2CC1CN2Cc1ccc2c(c1)CCC(NC(=O)c1ccc(-c3ccc(F)cc3)cc1)C2. The average molecular weight is 498 g/mol. The number of fused-ring (bicyclic) bond motifs is 3. The van der Waals surface area contributed by atoms with Gasteiger partial charge >= 0.3 is 0 Å². The molecule has 3 atom stereocenters. The highest BCUT2D eigenvalue weighted by atomic mass is 19.1. The van der Waals surface area contributed by atoms with Gasteiger partial charge in [-0.2, -0.15) is 0 Å². The van der Waals surface area contributed by atoms with E-state index in [4.69, 9.17) is 0 Å². The van der Waals surface area contributed by atoms with Crippen LogP contribution in [0.4, 0.5) is 4.39 Å². The molecule has 0 saturated carbocycles. The van der Waals surface area contributed by atoms with Crippen LogP contribution in [0.1, 0.15) is 46.8 Å². The van der Waals surface area contributed by atoms with Gasteiger partial charge in [-0.15, -0.1) is 0 Å². The molecule has 2 heterocycles. The maximum Gasteiger partial charge on any atom is 0.251 e. The lowest BCUT2D eigenvalue weighted by atomic mass is 9.87. The second kappa shape index (κ2) is 9.75. The van der Waals surface area contributed by atoms with E-state index in [2.05, 4.69) is 28.4 Å². The third-order valence-electron chi connectivity index (χ3n) is 8.30. The van der Waals surface area contributed by atoms with E-state index in [0.29, 0.717) is 17.6 Å². The number of piperazine rings is 1. The van der Waals surface area contributed by atoms with E-state index < -0.39 is 0 Å². The van der Waals surface area contributed by atoms with Crippen molar-refractivity contribution < 1.29 is 14.0 Å². The Labute approximate surface area is 217 Å². The first-order chi connectivity index (χ1) is 17.9. The molecular formula is C31H32FN3O2. The van der Waals surface area contributed by atoms with E-state index in [1.807, 2.05) is 29.2 Å². The Morgan fingerprint density at radius 2 is 1.65 bits per heavy atom. The normalized spacial score (nSPS) is 22.6. The predicted octanol–water partition coefficient (Wildman–Crippen LogP) is 4.59. The number of carbonyl (C=O) groups excluding carboxylic acids is 2. The van der Waals surface area contributed by atoms with Crippen LogP contribution in [0.25, 0.3) is 11.1 Å². The fourth-order valence-electron chi connectivity index (χ4n) is 6.32. The minimum Gasteiger partial charge on any atom is -0.349 e. The smallest absolute Gasteiger partial charge is 0.251 e. The van der Waals surface area contributed by atoms with Gasteiger partial charge in [0.15, 0.2) is 0 Å². The Hall–Kier alpha value is -3.51. The molecular weight excluding hydrogens is 465 g/mol. The number of benzene rings is 3. The molecule has 6 heteroatoms. The maximum atomic E-state index is 13.2. The molecule has 2 bridgehead atoms. The van der Waals surface area contributed by atoms with Crippen LogP contribution in [0.5, 0.6) is 0 Å². The van der Waals surface area contributed by atoms with Crippen LogP contribution in [-0.4, -0.2) is 52.8 Å². The average Bonchev–Trinajstić information content (AvgIpc) is 3.50. The lowest BCUT2D eigenvalue weighted by Gasteiger charge is -2.34. The molecule has 3 unspecified atom stereocenters. The van der Waals surface area contributed by atoms with Gasteiger partial charge in [0, 0.05) is 50.2 Å². The molecule has 3 aromatic carbocycles. The quantitative estimate of drug-likeness (QED) is 0.561. The molecule has 5 nitrogen and oxygen atoms in total. The first kappa shape index (κ1) is 23.9. The van der Waals surface area contributed by atoms with E-state index in [1.54, 1.807) is 19.1 Å². The lowest BCUT2D eigenvalue weighted by Crippen LogP contribution is -2.47. The summed E-state index contributed by atoms with van der Waals surface area (Å²) < 4.78 is 13.2. The zero-order valence-corrected chi connectivity index (χ0v) is 21.1. The lowest BCUT2D eigenvalue weighted by molar-refractivity contribution is -0.131. The van der Waals surface area contributed by atoms with E-state index in [0.717, 1.165) is 56.4 Å². The molecule has 1 aliphatic carbocycles. The number of nitrogens with one attached hydrogen (secondary N) is 1. The van der Waals surface area contributed by atoms with Crippen LogP contribution in [0.2, 0.25) is 0 Å². The number of nitrogens with zero attached hydrogens (tertiary/aromatic N) is 2. The molecule has 3 aliphatic rings. The number of likely N-dealkylation sites (tertiary alicyclic amines) is 2. The molecule has 0 spiro atoms. The van der Waals surface area contributed by atoms with Crippen molar-refractivity contribution in [3.63, 3.8) is 0 Å². The largest absolute Gasteiger partial charge is 0.349 e. The summed E-state index contributed by atoms with van der Waals surface area (Å²) in [6, 6.07) is 21.6. The van der Waals surface area contributed by atoms with Crippen LogP contribution < -0.4 is 5.32 Å². The van der Waals surface area contributed by atoms with E-state index in [-0.39, 0.29) is 23.7 Å². The molecule has 1 N–H and O–H groups in total. The van der Waals surface area contributed by atoms with Crippen molar-refractivity contribution in [1.29, 1.82) is 0 Å². The molecule has 190 valence electrons. The molecule has 3 aromatic rings. The minimum atomic E-state index is -0.259. The van der Waals surface area contributed by atoms with Crippen molar-refractivity contribution in [3.05, 3.63) is 94.8 Å². The van der Waals surface area contributed by atoms with Crippen LogP contribution in [0.3, 0.4) is 0 Å². The third kappa shape index (κ3) is 4.90. The van der Waals surface area contributed by atoms with Crippen molar-refractivity contribution in [2.45, 2.75) is 57.3 Å². The van der Waals surface area contributed by atoms with Gasteiger partial charge in [-0.3, -0.25) is 14.5 Å². The fourth-order valence-corrected chi connectivity index (χ4v) is 6.32. The fraction of sp³-hybridized carbons (Fsp3) is 0.355. The summed E-state index contributed by atoms with van der Waals surface area (Å²) in [6.45, 7) is 4.45. The number of hydrogen-bond donors (Lipinski definition) is 1. The standard InChI is InChI=1S/C31H32FN3O2/c1-20(36)35-19-29-16-30(35)18-34(29)17-21-2-3-26-15-28(13-10-25(26)14-21)33-31(37)24-6-4-22(5-7-24)23-8-11-27(32)12-9-23/h2-9,11-12,14,28-30H,10,13,15-19H2,1H3,(H,33,37). The molecule has 0 aromatic heterocycles. The van der Waals surface area contributed by atoms with Crippen molar-refractivity contribution in [2.24, 2.45) is 0 Å². The Bertz CT molecular complexity index is 1320. The van der Waals surface area contributed by atoms with Gasteiger partial charge < -0.3 is 10.2 Å². The summed E-state index contributed by atoms with van der Waals surface area (Å²) in [5.41, 5.74) is 6.56. The summed E-state index contributed by atoms with van der Waals surface area (Å²) >= 11 is 0. The molecule has 2 amide bonds. The molecule has 37 heavy (non-hydrogen) atoms. The van der Waals surface area contributed by atoms with E-state index in [9.17, 15) is 14.0 Å². The van der Waals surface area contributed by atoms with E-state index >= 15 is 0 Å². The zero-order valence-electron chi connectivity index (χ0n) is 21.1. The van der Waals surface area contributed by atoms with Crippen LogP contribution >= 0.6 is 0 Å². The van der Waals surface area contributed by atoms with Crippen LogP contribution in [-0.2, 0) is 24.2 Å². The monoisotopic (exact) mass is 497 g/mol. The highest BCUT2D eigenvalue weighted by Crippen LogP contribution is 2.32. The first-order valence-corrected chi connectivity index (χ1v) is 13.2. The van der Waals surface area contributed by atoms with Gasteiger partial charge in [-0.25, -0.2) is 4.39 Å². The number of carbonyl (C=O) groups is 2. The Morgan fingerprint density at radius 3 is 2.32 bits per heavy atom. The van der Waals surface area contributed by atoms with Crippen LogP contribution in [0.15, 0.2) is 66.7 Å². The molecule has 2 fully saturated rings. The molecule has 6 rings (SSSR count). The number of halogens is 1. The highest BCUT2D eigenvalue weighted by Gasteiger charge is 2.44. The van der Waals surface area contributed by atoms with Crippen molar-refractivity contribution in [3.8, 4) is 11.1 Å². The number of hydrogen-bond acceptors (Lipinski definition) is 3. The molecule has 0 radical (unpaired) electrons. The Balaban J connectivity index is 1.04. The second-order valence-electron chi connectivity index (χ2n) is 10.7. The highest BCUT2D eigenvalue weighted by molar-refractivity contribution is 5.95. The zero-order chi connectivity index (χ0) is 25.5. The minimum absolute atomic E-state index is 0.0561. The van der Waals surface area contributed by atoms with Gasteiger partial charge in [0.05, 0.1) is 0 Å².